The van der Waals surface area contributed by atoms with Gasteiger partial charge in [0.1, 0.15) is 11.8 Å². The Hall–Kier alpha value is -4.83. The molecule has 49 heavy (non-hydrogen) atoms. The molecule has 5 aliphatic rings. The van der Waals surface area contributed by atoms with Gasteiger partial charge in [-0.2, -0.15) is 5.26 Å². The number of hydrogen-bond donors (Lipinski definition) is 1. The van der Waals surface area contributed by atoms with Crippen LogP contribution in [-0.4, -0.2) is 83.2 Å². The number of rotatable bonds is 4. The van der Waals surface area contributed by atoms with Crippen molar-refractivity contribution in [3.05, 3.63) is 73.8 Å². The fourth-order valence-corrected chi connectivity index (χ4v) is 9.15. The summed E-state index contributed by atoms with van der Waals surface area (Å²) in [6.07, 6.45) is 0.624. The molecule has 0 spiro atoms. The summed E-state index contributed by atoms with van der Waals surface area (Å²) >= 11 is 6.98. The fraction of sp³-hybridized carbons (Fsp3) is 0.389. The van der Waals surface area contributed by atoms with E-state index in [1.54, 1.807) is 38.1 Å². The molecule has 0 saturated carbocycles. The molecule has 0 aromatic heterocycles. The average Bonchev–Trinajstić information content (AvgIpc) is 3.66. The minimum atomic E-state index is -0.781. The molecule has 8 rings (SSSR count). The lowest BCUT2D eigenvalue weighted by Gasteiger charge is -2.60. The number of likely N-dealkylation sites (N-methyl/N-ethyl adjacent to an activating group) is 1. The molecule has 13 heteroatoms. The van der Waals surface area contributed by atoms with Crippen LogP contribution in [0.5, 0.6) is 28.7 Å². The SMILES string of the molecule is COc1c(C)c(Cl)c2c(c1O)[C@H]1[C@@H]3Cc4c(OC(C)=O)c(C)c5c(c4[C@H](CN4C(=O)c6ccccc6C4=O)N3[C@@H](C#N)[C@H](C2)N1C)OCO5. The molecule has 0 aliphatic carbocycles. The molecule has 5 heterocycles. The summed E-state index contributed by atoms with van der Waals surface area (Å²) < 4.78 is 23.5. The number of piperazine rings is 1. The van der Waals surface area contributed by atoms with Crippen molar-refractivity contribution in [2.24, 2.45) is 0 Å². The van der Waals surface area contributed by atoms with Crippen molar-refractivity contribution >= 4 is 29.4 Å². The monoisotopic (exact) mass is 684 g/mol. The Morgan fingerprint density at radius 2 is 1.67 bits per heavy atom. The number of phenols is 1. The minimum Gasteiger partial charge on any atom is -0.504 e. The van der Waals surface area contributed by atoms with E-state index in [4.69, 9.17) is 30.5 Å². The van der Waals surface area contributed by atoms with Crippen LogP contribution in [-0.2, 0) is 17.6 Å². The third-order valence-corrected chi connectivity index (χ3v) is 11.4. The van der Waals surface area contributed by atoms with E-state index in [2.05, 4.69) is 15.9 Å². The number of ether oxygens (including phenoxy) is 4. The predicted octanol–water partition coefficient (Wildman–Crippen LogP) is 4.39. The Morgan fingerprint density at radius 1 is 1.02 bits per heavy atom. The van der Waals surface area contributed by atoms with E-state index in [1.807, 2.05) is 7.05 Å². The van der Waals surface area contributed by atoms with Gasteiger partial charge in [-0.25, -0.2) is 0 Å². The van der Waals surface area contributed by atoms with Gasteiger partial charge in [0.15, 0.2) is 23.0 Å². The number of carbonyl (C=O) groups excluding carboxylic acids is 3. The Morgan fingerprint density at radius 3 is 2.31 bits per heavy atom. The number of methoxy groups -OCH3 is 1. The van der Waals surface area contributed by atoms with Gasteiger partial charge in [-0.3, -0.25) is 29.1 Å². The molecule has 1 N–H and O–H groups in total. The highest BCUT2D eigenvalue weighted by atomic mass is 35.5. The van der Waals surface area contributed by atoms with Gasteiger partial charge in [0.2, 0.25) is 6.79 Å². The van der Waals surface area contributed by atoms with Gasteiger partial charge < -0.3 is 24.1 Å². The summed E-state index contributed by atoms with van der Waals surface area (Å²) in [6, 6.07) is 6.28. The number of imide groups is 1. The van der Waals surface area contributed by atoms with Crippen molar-refractivity contribution in [2.75, 3.05) is 27.5 Å². The van der Waals surface area contributed by atoms with Crippen molar-refractivity contribution in [3.63, 3.8) is 0 Å². The molecule has 2 amide bonds. The second-order valence-electron chi connectivity index (χ2n) is 13.2. The number of halogens is 1. The first-order valence-corrected chi connectivity index (χ1v) is 16.4. The van der Waals surface area contributed by atoms with Gasteiger partial charge in [-0.05, 0) is 51.4 Å². The molecule has 1 fully saturated rings. The Kier molecular flexibility index (Phi) is 7.12. The quantitative estimate of drug-likeness (QED) is 0.238. The second kappa shape index (κ2) is 11.1. The van der Waals surface area contributed by atoms with Crippen molar-refractivity contribution in [1.29, 1.82) is 5.26 Å². The molecule has 1 saturated heterocycles. The zero-order chi connectivity index (χ0) is 34.6. The molecule has 3 aromatic rings. The number of benzene rings is 3. The van der Waals surface area contributed by atoms with Crippen LogP contribution in [0.1, 0.15) is 73.1 Å². The third-order valence-electron chi connectivity index (χ3n) is 10.9. The Balaban J connectivity index is 1.39. The first-order chi connectivity index (χ1) is 23.5. The summed E-state index contributed by atoms with van der Waals surface area (Å²) in [5.41, 5.74) is 4.35. The van der Waals surface area contributed by atoms with Gasteiger partial charge in [0, 0.05) is 53.4 Å². The predicted molar refractivity (Wildman–Crippen MR) is 174 cm³/mol. The maximum atomic E-state index is 13.8. The molecule has 252 valence electrons. The maximum absolute atomic E-state index is 13.8. The van der Waals surface area contributed by atoms with Gasteiger partial charge in [-0.15, -0.1) is 0 Å². The highest BCUT2D eigenvalue weighted by molar-refractivity contribution is 6.32. The Bertz CT molecular complexity index is 2020. The van der Waals surface area contributed by atoms with Crippen LogP contribution in [0, 0.1) is 25.2 Å². The van der Waals surface area contributed by atoms with Gasteiger partial charge in [0.05, 0.1) is 41.4 Å². The summed E-state index contributed by atoms with van der Waals surface area (Å²) in [4.78, 5) is 45.6. The van der Waals surface area contributed by atoms with Gasteiger partial charge in [0.25, 0.3) is 11.8 Å². The van der Waals surface area contributed by atoms with Crippen LogP contribution < -0.4 is 18.9 Å². The lowest BCUT2D eigenvalue weighted by molar-refractivity contribution is -0.132. The molecule has 5 aliphatic heterocycles. The zero-order valence-corrected chi connectivity index (χ0v) is 28.3. The van der Waals surface area contributed by atoms with Crippen molar-refractivity contribution in [1.82, 2.24) is 14.7 Å². The van der Waals surface area contributed by atoms with Crippen LogP contribution >= 0.6 is 11.6 Å². The van der Waals surface area contributed by atoms with E-state index < -0.39 is 42.0 Å². The van der Waals surface area contributed by atoms with Gasteiger partial charge in [-0.1, -0.05) is 23.7 Å². The highest BCUT2D eigenvalue weighted by Crippen LogP contribution is 2.59. The van der Waals surface area contributed by atoms with Crippen LogP contribution in [0.2, 0.25) is 5.02 Å². The lowest BCUT2D eigenvalue weighted by Crippen LogP contribution is -2.69. The number of hydrogen-bond acceptors (Lipinski definition) is 11. The molecule has 12 nitrogen and oxygen atoms in total. The lowest BCUT2D eigenvalue weighted by atomic mass is 9.71. The van der Waals surface area contributed by atoms with Crippen LogP contribution in [0.25, 0.3) is 0 Å². The number of amides is 2. The number of esters is 1. The van der Waals surface area contributed by atoms with E-state index >= 15 is 0 Å². The fourth-order valence-electron chi connectivity index (χ4n) is 8.88. The topological polar surface area (TPSA) is 142 Å². The molecule has 5 atom stereocenters. The van der Waals surface area contributed by atoms with Crippen molar-refractivity contribution in [3.8, 4) is 34.8 Å². The number of carbonyl (C=O) groups is 3. The third kappa shape index (κ3) is 4.19. The number of fused-ring (bicyclic) bond motifs is 10. The van der Waals surface area contributed by atoms with Crippen molar-refractivity contribution < 1.29 is 38.4 Å². The van der Waals surface area contributed by atoms with E-state index in [0.717, 1.165) is 5.56 Å². The maximum Gasteiger partial charge on any atom is 0.308 e. The molecule has 3 aromatic carbocycles. The minimum absolute atomic E-state index is 0.0326. The van der Waals surface area contributed by atoms with Crippen molar-refractivity contribution in [2.45, 2.75) is 63.8 Å². The van der Waals surface area contributed by atoms with Crippen LogP contribution in [0.4, 0.5) is 0 Å². The molecule has 0 radical (unpaired) electrons. The average molecular weight is 685 g/mol. The molecule has 0 unspecified atom stereocenters. The number of nitriles is 1. The number of aromatic hydroxyl groups is 1. The first kappa shape index (κ1) is 31.4. The largest absolute Gasteiger partial charge is 0.504 e. The van der Waals surface area contributed by atoms with E-state index in [0.29, 0.717) is 67.6 Å². The highest BCUT2D eigenvalue weighted by Gasteiger charge is 2.58. The normalized spacial score (nSPS) is 24.9. The smallest absolute Gasteiger partial charge is 0.308 e. The zero-order valence-electron chi connectivity index (χ0n) is 27.5. The number of phenolic OH excluding ortho intramolecular Hbond substituents is 1. The molecule has 2 bridgehead atoms. The summed E-state index contributed by atoms with van der Waals surface area (Å²) in [5, 5.41) is 23.2. The van der Waals surface area contributed by atoms with Crippen LogP contribution in [0.3, 0.4) is 0 Å². The van der Waals surface area contributed by atoms with E-state index in [9.17, 15) is 24.8 Å². The summed E-state index contributed by atoms with van der Waals surface area (Å²) in [6.45, 7) is 4.69. The number of nitrogens with zero attached hydrogens (tertiary/aromatic N) is 4. The molecular formula is C36H33ClN4O8. The van der Waals surface area contributed by atoms with E-state index in [1.165, 1.54) is 18.9 Å². The second-order valence-corrected chi connectivity index (χ2v) is 13.6. The molecular weight excluding hydrogens is 652 g/mol. The van der Waals surface area contributed by atoms with E-state index in [-0.39, 0.29) is 37.3 Å². The van der Waals surface area contributed by atoms with Crippen LogP contribution in [0.15, 0.2) is 24.3 Å². The first-order valence-electron chi connectivity index (χ1n) is 16.0. The summed E-state index contributed by atoms with van der Waals surface area (Å²) in [7, 11) is 3.40. The Labute approximate surface area is 287 Å². The van der Waals surface area contributed by atoms with Gasteiger partial charge >= 0.3 is 5.97 Å². The summed E-state index contributed by atoms with van der Waals surface area (Å²) in [5.74, 6) is -0.0560. The standard InChI is InChI=1S/C36H33ClN4O8/c1-15-28(37)20-10-22-24(12-38)41-23(29(39(22)4)27(20)30(43)32(15)46-5)11-21-26(34-33(47-14-48-34)16(2)31(21)49-17(3)42)25(41)13-40-35(44)18-8-6-7-9-19(18)36(40)45/h6-9,22-25,29,43H,10-11,13-14H2,1-5H3/t22-,23-,24-,25-,29+/m0/s1.